The predicted octanol–water partition coefficient (Wildman–Crippen LogP) is 4.79. The molecule has 3 amide bonds. The number of furan rings is 1. The van der Waals surface area contributed by atoms with E-state index in [4.69, 9.17) is 16.0 Å². The third-order valence-corrected chi connectivity index (χ3v) is 6.85. The first-order chi connectivity index (χ1) is 17.8. The summed E-state index contributed by atoms with van der Waals surface area (Å²) in [6.07, 6.45) is 5.26. The van der Waals surface area contributed by atoms with Crippen LogP contribution in [0.15, 0.2) is 47.0 Å². The summed E-state index contributed by atoms with van der Waals surface area (Å²) in [6, 6.07) is 10.8. The van der Waals surface area contributed by atoms with Crippen LogP contribution in [0.3, 0.4) is 0 Å². The van der Waals surface area contributed by atoms with Gasteiger partial charge >= 0.3 is 0 Å². The normalized spacial score (nSPS) is 14.2. The number of rotatable bonds is 9. The van der Waals surface area contributed by atoms with Gasteiger partial charge in [-0.25, -0.2) is 4.98 Å². The highest BCUT2D eigenvalue weighted by Crippen LogP contribution is 2.31. The Bertz CT molecular complexity index is 1250. The Labute approximate surface area is 221 Å². The fourth-order valence-corrected chi connectivity index (χ4v) is 4.62. The van der Waals surface area contributed by atoms with Gasteiger partial charge in [-0.1, -0.05) is 23.7 Å². The number of amides is 3. The molecule has 9 nitrogen and oxygen atoms in total. The molecule has 3 aromatic rings. The SMILES string of the molecule is CN(C)C1CCN(C(=O)CCCCC(=O)Nc2c(C(=O)Nc3ccc(Cl)cn3)oc3ccccc23)CC1. The lowest BCUT2D eigenvalue weighted by Crippen LogP contribution is -2.44. The largest absolute Gasteiger partial charge is 0.449 e. The highest BCUT2D eigenvalue weighted by molar-refractivity contribution is 6.30. The number of para-hydroxylation sites is 1. The molecule has 0 aliphatic carbocycles. The first-order valence-electron chi connectivity index (χ1n) is 12.5. The third-order valence-electron chi connectivity index (χ3n) is 6.63. The summed E-state index contributed by atoms with van der Waals surface area (Å²) in [4.78, 5) is 46.5. The Kier molecular flexibility index (Phi) is 8.78. The first kappa shape index (κ1) is 26.6. The lowest BCUT2D eigenvalue weighted by atomic mass is 10.0. The lowest BCUT2D eigenvalue weighted by Gasteiger charge is -2.35. The topological polar surface area (TPSA) is 108 Å². The van der Waals surface area contributed by atoms with E-state index in [1.807, 2.05) is 11.0 Å². The third kappa shape index (κ3) is 6.87. The van der Waals surface area contributed by atoms with Crippen LogP contribution in [-0.2, 0) is 9.59 Å². The molecule has 196 valence electrons. The number of pyridine rings is 1. The Hall–Kier alpha value is -3.43. The van der Waals surface area contributed by atoms with Crippen LogP contribution < -0.4 is 10.6 Å². The highest BCUT2D eigenvalue weighted by Gasteiger charge is 2.24. The quantitative estimate of drug-likeness (QED) is 0.389. The highest BCUT2D eigenvalue weighted by atomic mass is 35.5. The number of carbonyl (C=O) groups excluding carboxylic acids is 3. The van der Waals surface area contributed by atoms with E-state index in [1.165, 1.54) is 6.20 Å². The van der Waals surface area contributed by atoms with Crippen molar-refractivity contribution in [2.75, 3.05) is 37.8 Å². The van der Waals surface area contributed by atoms with Gasteiger partial charge in [0, 0.05) is 43.6 Å². The van der Waals surface area contributed by atoms with Gasteiger partial charge < -0.3 is 24.9 Å². The van der Waals surface area contributed by atoms with Crippen LogP contribution in [0.2, 0.25) is 5.02 Å². The maximum Gasteiger partial charge on any atom is 0.294 e. The molecule has 1 aliphatic rings. The molecule has 1 fully saturated rings. The average Bonchev–Trinajstić information content (AvgIpc) is 3.26. The van der Waals surface area contributed by atoms with Gasteiger partial charge in [0.2, 0.25) is 17.6 Å². The molecular weight excluding hydrogens is 494 g/mol. The van der Waals surface area contributed by atoms with Crippen LogP contribution in [0.1, 0.15) is 49.1 Å². The number of hydrogen-bond donors (Lipinski definition) is 2. The summed E-state index contributed by atoms with van der Waals surface area (Å²) >= 11 is 5.86. The fraction of sp³-hybridized carbons (Fsp3) is 0.407. The molecule has 0 saturated carbocycles. The van der Waals surface area contributed by atoms with E-state index in [0.717, 1.165) is 25.9 Å². The zero-order valence-electron chi connectivity index (χ0n) is 21.1. The zero-order valence-corrected chi connectivity index (χ0v) is 21.9. The van der Waals surface area contributed by atoms with E-state index in [2.05, 4.69) is 34.6 Å². The minimum absolute atomic E-state index is 0.0115. The van der Waals surface area contributed by atoms with Crippen molar-refractivity contribution in [3.8, 4) is 0 Å². The number of benzene rings is 1. The van der Waals surface area contributed by atoms with Crippen molar-refractivity contribution >= 4 is 51.8 Å². The van der Waals surface area contributed by atoms with Crippen molar-refractivity contribution < 1.29 is 18.8 Å². The molecule has 0 unspecified atom stereocenters. The van der Waals surface area contributed by atoms with Gasteiger partial charge in [-0.3, -0.25) is 14.4 Å². The minimum Gasteiger partial charge on any atom is -0.449 e. The molecule has 3 heterocycles. The number of fused-ring (bicyclic) bond motifs is 1. The van der Waals surface area contributed by atoms with Crippen LogP contribution in [0.4, 0.5) is 11.5 Å². The van der Waals surface area contributed by atoms with E-state index >= 15 is 0 Å². The van der Waals surface area contributed by atoms with Gasteiger partial charge in [-0.15, -0.1) is 0 Å². The average molecular weight is 526 g/mol. The van der Waals surface area contributed by atoms with E-state index in [1.54, 1.807) is 30.3 Å². The summed E-state index contributed by atoms with van der Waals surface area (Å²) in [5.41, 5.74) is 0.794. The molecular formula is C27H32ClN5O4. The Morgan fingerprint density at radius 3 is 2.49 bits per heavy atom. The summed E-state index contributed by atoms with van der Waals surface area (Å²) in [6.45, 7) is 1.57. The van der Waals surface area contributed by atoms with Gasteiger partial charge in [-0.05, 0) is 64.0 Å². The van der Waals surface area contributed by atoms with Gasteiger partial charge in [0.25, 0.3) is 5.91 Å². The maximum absolute atomic E-state index is 12.9. The van der Waals surface area contributed by atoms with Gasteiger partial charge in [0.15, 0.2) is 0 Å². The second kappa shape index (κ2) is 12.2. The Balaban J connectivity index is 1.31. The van der Waals surface area contributed by atoms with Crippen molar-refractivity contribution in [3.63, 3.8) is 0 Å². The number of aromatic nitrogens is 1. The second-order valence-electron chi connectivity index (χ2n) is 9.45. The van der Waals surface area contributed by atoms with Crippen molar-refractivity contribution in [2.24, 2.45) is 0 Å². The standard InChI is InChI=1S/C27H32ClN5O4/c1-32(2)19-13-15-33(16-14-19)24(35)10-6-5-9-23(34)31-25-20-7-3-4-8-21(20)37-26(25)27(36)30-22-12-11-18(28)17-29-22/h3-4,7-8,11-12,17,19H,5-6,9-10,13-16H2,1-2H3,(H,31,34)(H,29,30,36). The van der Waals surface area contributed by atoms with Crippen molar-refractivity contribution in [1.82, 2.24) is 14.8 Å². The van der Waals surface area contributed by atoms with E-state index in [9.17, 15) is 14.4 Å². The number of nitrogens with zero attached hydrogens (tertiary/aromatic N) is 3. The number of likely N-dealkylation sites (tertiary alicyclic amines) is 1. The number of carbonyl (C=O) groups is 3. The number of halogens is 1. The predicted molar refractivity (Wildman–Crippen MR) is 144 cm³/mol. The number of nitrogens with one attached hydrogen (secondary N) is 2. The summed E-state index contributed by atoms with van der Waals surface area (Å²) < 4.78 is 5.77. The van der Waals surface area contributed by atoms with Gasteiger partial charge in [0.1, 0.15) is 17.1 Å². The van der Waals surface area contributed by atoms with Crippen molar-refractivity contribution in [3.05, 3.63) is 53.4 Å². The molecule has 1 saturated heterocycles. The Morgan fingerprint density at radius 2 is 1.78 bits per heavy atom. The molecule has 0 atom stereocenters. The molecule has 10 heteroatoms. The number of anilines is 2. The second-order valence-corrected chi connectivity index (χ2v) is 9.89. The molecule has 0 spiro atoms. The van der Waals surface area contributed by atoms with Gasteiger partial charge in [-0.2, -0.15) is 0 Å². The van der Waals surface area contributed by atoms with Crippen LogP contribution >= 0.6 is 11.6 Å². The molecule has 1 aliphatic heterocycles. The molecule has 37 heavy (non-hydrogen) atoms. The number of piperidine rings is 1. The monoisotopic (exact) mass is 525 g/mol. The van der Waals surface area contributed by atoms with E-state index < -0.39 is 5.91 Å². The van der Waals surface area contributed by atoms with Crippen LogP contribution in [0, 0.1) is 0 Å². The van der Waals surface area contributed by atoms with Crippen molar-refractivity contribution in [2.45, 2.75) is 44.6 Å². The summed E-state index contributed by atoms with van der Waals surface area (Å²) in [5.74, 6) is -0.340. The summed E-state index contributed by atoms with van der Waals surface area (Å²) in [5, 5.41) is 6.58. The van der Waals surface area contributed by atoms with Crippen LogP contribution in [-0.4, -0.2) is 65.7 Å². The van der Waals surface area contributed by atoms with Gasteiger partial charge in [0.05, 0.1) is 5.02 Å². The molecule has 0 radical (unpaired) electrons. The Morgan fingerprint density at radius 1 is 1.05 bits per heavy atom. The van der Waals surface area contributed by atoms with Crippen LogP contribution in [0.5, 0.6) is 0 Å². The fourth-order valence-electron chi connectivity index (χ4n) is 4.51. The minimum atomic E-state index is -0.537. The summed E-state index contributed by atoms with van der Waals surface area (Å²) in [7, 11) is 4.15. The van der Waals surface area contributed by atoms with Crippen LogP contribution in [0.25, 0.3) is 11.0 Å². The molecule has 1 aromatic carbocycles. The molecule has 2 aromatic heterocycles. The van der Waals surface area contributed by atoms with E-state index in [-0.39, 0.29) is 24.0 Å². The smallest absolute Gasteiger partial charge is 0.294 e. The number of hydrogen-bond acceptors (Lipinski definition) is 6. The molecule has 0 bridgehead atoms. The first-order valence-corrected chi connectivity index (χ1v) is 12.9. The number of unbranched alkanes of at least 4 members (excludes halogenated alkanes) is 1. The van der Waals surface area contributed by atoms with E-state index in [0.29, 0.717) is 52.8 Å². The molecule has 4 rings (SSSR count). The maximum atomic E-state index is 12.9. The lowest BCUT2D eigenvalue weighted by molar-refractivity contribution is -0.133. The van der Waals surface area contributed by atoms with Crippen molar-refractivity contribution in [1.29, 1.82) is 0 Å². The zero-order chi connectivity index (χ0) is 26.4. The molecule has 2 N–H and O–H groups in total.